The molecule has 5 aromatic carbocycles. The summed E-state index contributed by atoms with van der Waals surface area (Å²) in [5, 5.41) is 2.61. The average molecular weight is 524 g/mol. The molecule has 2 heteroatoms. The van der Waals surface area contributed by atoms with Gasteiger partial charge in [-0.3, -0.25) is 0 Å². The molecule has 0 fully saturated rings. The van der Waals surface area contributed by atoms with Crippen molar-refractivity contribution in [1.29, 1.82) is 0 Å². The van der Waals surface area contributed by atoms with Crippen LogP contribution >= 0.6 is 31.9 Å². The zero-order valence-electron chi connectivity index (χ0n) is 16.5. The van der Waals surface area contributed by atoms with Crippen LogP contribution in [0.15, 0.2) is 106 Å². The number of hydrogen-bond donors (Lipinski definition) is 0. The second-order valence-electron chi connectivity index (χ2n) is 8.35. The van der Waals surface area contributed by atoms with Crippen molar-refractivity contribution in [3.63, 3.8) is 0 Å². The Labute approximate surface area is 197 Å². The van der Waals surface area contributed by atoms with E-state index in [1.165, 1.54) is 55.3 Å². The van der Waals surface area contributed by atoms with E-state index in [1.807, 2.05) is 0 Å². The highest BCUT2D eigenvalue weighted by molar-refractivity contribution is 9.11. The molecule has 1 unspecified atom stereocenters. The Morgan fingerprint density at radius 3 is 1.87 bits per heavy atom. The quantitative estimate of drug-likeness (QED) is 0.186. The number of halogens is 2. The Morgan fingerprint density at radius 2 is 1.10 bits per heavy atom. The summed E-state index contributed by atoms with van der Waals surface area (Å²) in [6.45, 7) is 0. The molecule has 0 nitrogen and oxygen atoms in total. The lowest BCUT2D eigenvalue weighted by molar-refractivity contribution is 0.773. The second kappa shape index (κ2) is 6.18. The fourth-order valence-electron chi connectivity index (χ4n) is 5.93. The Morgan fingerprint density at radius 1 is 0.484 bits per heavy atom. The van der Waals surface area contributed by atoms with E-state index >= 15 is 0 Å². The van der Waals surface area contributed by atoms with Crippen LogP contribution in [0.4, 0.5) is 0 Å². The van der Waals surface area contributed by atoms with E-state index in [9.17, 15) is 0 Å². The van der Waals surface area contributed by atoms with Gasteiger partial charge in [0.15, 0.2) is 0 Å². The van der Waals surface area contributed by atoms with Crippen molar-refractivity contribution in [2.75, 3.05) is 0 Å². The van der Waals surface area contributed by atoms with Gasteiger partial charge in [-0.2, -0.15) is 0 Å². The summed E-state index contributed by atoms with van der Waals surface area (Å²) >= 11 is 7.60. The van der Waals surface area contributed by atoms with Crippen LogP contribution < -0.4 is 0 Å². The highest BCUT2D eigenvalue weighted by Crippen LogP contribution is 2.62. The maximum Gasteiger partial charge on any atom is 0.0726 e. The molecule has 146 valence electrons. The summed E-state index contributed by atoms with van der Waals surface area (Å²) in [6, 6.07) is 35.9. The van der Waals surface area contributed by atoms with Crippen molar-refractivity contribution < 1.29 is 0 Å². The molecule has 0 N–H and O–H groups in total. The summed E-state index contributed by atoms with van der Waals surface area (Å²) < 4.78 is 2.26. The van der Waals surface area contributed by atoms with Crippen LogP contribution in [0.3, 0.4) is 0 Å². The Hall–Kier alpha value is -2.68. The summed E-state index contributed by atoms with van der Waals surface area (Å²) in [6.07, 6.45) is 0. The van der Waals surface area contributed by atoms with E-state index in [2.05, 4.69) is 129 Å². The molecule has 0 saturated heterocycles. The summed E-state index contributed by atoms with van der Waals surface area (Å²) in [5.41, 5.74) is 10.4. The fraction of sp³-hybridized carbons (Fsp3) is 0.0345. The minimum atomic E-state index is -0.334. The van der Waals surface area contributed by atoms with E-state index in [1.54, 1.807) is 0 Å². The molecule has 1 atom stereocenters. The molecule has 2 aliphatic rings. The maximum absolute atomic E-state index is 3.82. The predicted octanol–water partition coefficient (Wildman–Crippen LogP) is 8.71. The van der Waals surface area contributed by atoms with Gasteiger partial charge in [0.05, 0.1) is 5.41 Å². The van der Waals surface area contributed by atoms with E-state index in [0.29, 0.717) is 0 Å². The van der Waals surface area contributed by atoms with Gasteiger partial charge in [0, 0.05) is 8.95 Å². The molecule has 0 heterocycles. The highest BCUT2D eigenvalue weighted by atomic mass is 79.9. The fourth-order valence-corrected chi connectivity index (χ4v) is 6.75. The first-order chi connectivity index (χ1) is 15.2. The Balaban J connectivity index is 1.80. The van der Waals surface area contributed by atoms with Crippen molar-refractivity contribution in [2.45, 2.75) is 5.41 Å². The molecule has 0 aliphatic heterocycles. The Bertz CT molecular complexity index is 1560. The molecule has 5 aromatic rings. The highest BCUT2D eigenvalue weighted by Gasteiger charge is 2.50. The van der Waals surface area contributed by atoms with Gasteiger partial charge in [-0.1, -0.05) is 111 Å². The van der Waals surface area contributed by atoms with Gasteiger partial charge >= 0.3 is 0 Å². The molecule has 2 aliphatic carbocycles. The minimum Gasteiger partial charge on any atom is -0.0619 e. The van der Waals surface area contributed by atoms with Gasteiger partial charge in [0.2, 0.25) is 0 Å². The van der Waals surface area contributed by atoms with E-state index < -0.39 is 0 Å². The van der Waals surface area contributed by atoms with Crippen LogP contribution in [0.5, 0.6) is 0 Å². The van der Waals surface area contributed by atoms with Gasteiger partial charge in [0.1, 0.15) is 0 Å². The maximum atomic E-state index is 3.82. The smallest absolute Gasteiger partial charge is 0.0619 e. The third kappa shape index (κ3) is 2.10. The van der Waals surface area contributed by atoms with Crippen molar-refractivity contribution in [3.8, 4) is 22.3 Å². The van der Waals surface area contributed by atoms with Crippen molar-refractivity contribution in [1.82, 2.24) is 0 Å². The molecular weight excluding hydrogens is 508 g/mol. The molecular formula is C29H16Br2. The standard InChI is InChI=1S/C29H16Br2/c30-17-12-13-20-18-6-1-3-9-23(18)29(26(20)16-17)24-10-4-2-7-19(24)21-14-15-27(31)22-8-5-11-25(29)28(21)22/h1-16H. The largest absolute Gasteiger partial charge is 0.0726 e. The van der Waals surface area contributed by atoms with E-state index in [0.717, 1.165) is 8.95 Å². The zero-order chi connectivity index (χ0) is 20.7. The third-order valence-electron chi connectivity index (χ3n) is 7.02. The molecule has 0 amide bonds. The molecule has 1 spiro atoms. The van der Waals surface area contributed by atoms with Crippen LogP contribution in [-0.2, 0) is 5.41 Å². The molecule has 0 saturated carbocycles. The first kappa shape index (κ1) is 17.9. The number of rotatable bonds is 0. The van der Waals surface area contributed by atoms with Gasteiger partial charge in [-0.15, -0.1) is 0 Å². The SMILES string of the molecule is Brc1ccc2c(c1)C1(c3ccccc3-2)c2ccccc2-c2ccc(Br)c3cccc1c23. The zero-order valence-corrected chi connectivity index (χ0v) is 19.7. The van der Waals surface area contributed by atoms with Crippen LogP contribution in [0.2, 0.25) is 0 Å². The normalized spacial score (nSPS) is 17.5. The molecule has 31 heavy (non-hydrogen) atoms. The minimum absolute atomic E-state index is 0.334. The average Bonchev–Trinajstić information content (AvgIpc) is 3.09. The van der Waals surface area contributed by atoms with Gasteiger partial charge in [-0.25, -0.2) is 0 Å². The predicted molar refractivity (Wildman–Crippen MR) is 136 cm³/mol. The van der Waals surface area contributed by atoms with Gasteiger partial charge < -0.3 is 0 Å². The van der Waals surface area contributed by atoms with Crippen molar-refractivity contribution >= 4 is 42.6 Å². The summed E-state index contributed by atoms with van der Waals surface area (Å²) in [5.74, 6) is 0. The van der Waals surface area contributed by atoms with Crippen LogP contribution in [0, 0.1) is 0 Å². The van der Waals surface area contributed by atoms with Crippen LogP contribution in [0.1, 0.15) is 22.3 Å². The first-order valence-corrected chi connectivity index (χ1v) is 12.0. The van der Waals surface area contributed by atoms with E-state index in [-0.39, 0.29) is 5.41 Å². The number of fused-ring (bicyclic) bond motifs is 9. The third-order valence-corrected chi connectivity index (χ3v) is 8.20. The summed E-state index contributed by atoms with van der Waals surface area (Å²) in [7, 11) is 0. The lowest BCUT2D eigenvalue weighted by atomic mass is 9.61. The van der Waals surface area contributed by atoms with Gasteiger partial charge in [0.25, 0.3) is 0 Å². The van der Waals surface area contributed by atoms with Gasteiger partial charge in [-0.05, 0) is 73.5 Å². The Kier molecular flexibility index (Phi) is 3.58. The van der Waals surface area contributed by atoms with Crippen molar-refractivity contribution in [3.05, 3.63) is 128 Å². The lowest BCUT2D eigenvalue weighted by Gasteiger charge is -2.40. The van der Waals surface area contributed by atoms with Crippen LogP contribution in [0.25, 0.3) is 33.0 Å². The van der Waals surface area contributed by atoms with E-state index in [4.69, 9.17) is 0 Å². The molecule has 0 radical (unpaired) electrons. The molecule has 0 bridgehead atoms. The van der Waals surface area contributed by atoms with Crippen molar-refractivity contribution in [2.24, 2.45) is 0 Å². The molecule has 7 rings (SSSR count). The first-order valence-electron chi connectivity index (χ1n) is 10.4. The van der Waals surface area contributed by atoms with Crippen LogP contribution in [-0.4, -0.2) is 0 Å². The topological polar surface area (TPSA) is 0 Å². The second-order valence-corrected chi connectivity index (χ2v) is 10.1. The number of hydrogen-bond acceptors (Lipinski definition) is 0. The lowest BCUT2D eigenvalue weighted by Crippen LogP contribution is -2.31. The summed E-state index contributed by atoms with van der Waals surface area (Å²) in [4.78, 5) is 0. The number of benzene rings is 5. The molecule has 0 aromatic heterocycles. The monoisotopic (exact) mass is 522 g/mol.